The molecule has 1 N–H and O–H groups in total. The van der Waals surface area contributed by atoms with E-state index in [-0.39, 0.29) is 23.6 Å². The number of nitrogens with one attached hydrogen (secondary N) is 1. The molecule has 0 aliphatic carbocycles. The Balaban J connectivity index is 1.99. The number of aromatic nitrogens is 2. The topological polar surface area (TPSA) is 46.9 Å². The molecule has 0 atom stereocenters. The number of hydrogen-bond acceptors (Lipinski definition) is 2. The first-order valence-corrected chi connectivity index (χ1v) is 6.72. The number of halogens is 3. The molecule has 1 heterocycles. The number of nitrogens with zero attached hydrogens (tertiary/aromatic N) is 2. The maximum Gasteiger partial charge on any atom is 0.416 e. The van der Waals surface area contributed by atoms with E-state index in [1.807, 2.05) is 6.92 Å². The number of alkyl halides is 3. The van der Waals surface area contributed by atoms with E-state index >= 15 is 0 Å². The first kappa shape index (κ1) is 16.1. The third-order valence-corrected chi connectivity index (χ3v) is 3.16. The van der Waals surface area contributed by atoms with Gasteiger partial charge in [0.1, 0.15) is 0 Å². The van der Waals surface area contributed by atoms with Gasteiger partial charge in [-0.2, -0.15) is 18.3 Å². The summed E-state index contributed by atoms with van der Waals surface area (Å²) in [5.41, 5.74) is 0.499. The van der Waals surface area contributed by atoms with E-state index in [2.05, 4.69) is 10.4 Å². The van der Waals surface area contributed by atoms with Gasteiger partial charge in [-0.05, 0) is 37.1 Å². The summed E-state index contributed by atoms with van der Waals surface area (Å²) in [6.07, 6.45) is -0.831. The lowest BCUT2D eigenvalue weighted by atomic mass is 10.1. The second-order valence-electron chi connectivity index (χ2n) is 5.11. The highest BCUT2D eigenvalue weighted by Crippen LogP contribution is 2.33. The Kier molecular flexibility index (Phi) is 4.54. The highest BCUT2D eigenvalue weighted by molar-refractivity contribution is 5.90. The molecule has 0 saturated carbocycles. The van der Waals surface area contributed by atoms with Crippen LogP contribution in [0.3, 0.4) is 0 Å². The Labute approximate surface area is 125 Å². The Morgan fingerprint density at radius 2 is 2.05 bits per heavy atom. The van der Waals surface area contributed by atoms with Gasteiger partial charge in [0.2, 0.25) is 5.91 Å². The van der Waals surface area contributed by atoms with Crippen molar-refractivity contribution in [2.24, 2.45) is 0 Å². The van der Waals surface area contributed by atoms with E-state index in [4.69, 9.17) is 0 Å². The van der Waals surface area contributed by atoms with Crippen molar-refractivity contribution in [3.05, 3.63) is 47.3 Å². The molecule has 118 valence electrons. The fourth-order valence-corrected chi connectivity index (χ4v) is 2.03. The van der Waals surface area contributed by atoms with Crippen molar-refractivity contribution in [2.45, 2.75) is 33.0 Å². The SMILES string of the molecule is Cc1cnn(CCC(=O)Nc2ccc(C)c(C(F)(F)F)c2)c1. The lowest BCUT2D eigenvalue weighted by Gasteiger charge is -2.12. The molecule has 1 aromatic heterocycles. The molecule has 0 radical (unpaired) electrons. The lowest BCUT2D eigenvalue weighted by Crippen LogP contribution is -2.16. The summed E-state index contributed by atoms with van der Waals surface area (Å²) in [5.74, 6) is -0.356. The third-order valence-electron chi connectivity index (χ3n) is 3.16. The molecule has 2 rings (SSSR count). The fraction of sp³-hybridized carbons (Fsp3) is 0.333. The van der Waals surface area contributed by atoms with Crippen LogP contribution in [0.25, 0.3) is 0 Å². The Hall–Kier alpha value is -2.31. The second-order valence-corrected chi connectivity index (χ2v) is 5.11. The van der Waals surface area contributed by atoms with Crippen molar-refractivity contribution in [2.75, 3.05) is 5.32 Å². The molecule has 2 aromatic rings. The van der Waals surface area contributed by atoms with Gasteiger partial charge in [-0.1, -0.05) is 6.07 Å². The zero-order valence-electron chi connectivity index (χ0n) is 12.2. The largest absolute Gasteiger partial charge is 0.416 e. The van der Waals surface area contributed by atoms with Gasteiger partial charge in [0.15, 0.2) is 0 Å². The molecule has 0 saturated heterocycles. The maximum absolute atomic E-state index is 12.8. The van der Waals surface area contributed by atoms with Crippen LogP contribution in [0.2, 0.25) is 0 Å². The Morgan fingerprint density at radius 3 is 2.64 bits per heavy atom. The van der Waals surface area contributed by atoms with Crippen LogP contribution in [0.4, 0.5) is 18.9 Å². The first-order valence-electron chi connectivity index (χ1n) is 6.72. The summed E-state index contributed by atoms with van der Waals surface area (Å²) >= 11 is 0. The average Bonchev–Trinajstić information content (AvgIpc) is 2.83. The quantitative estimate of drug-likeness (QED) is 0.938. The normalized spacial score (nSPS) is 11.5. The van der Waals surface area contributed by atoms with Crippen LogP contribution in [-0.2, 0) is 17.5 Å². The minimum atomic E-state index is -4.43. The number of hydrogen-bond donors (Lipinski definition) is 1. The summed E-state index contributed by atoms with van der Waals surface area (Å²) in [7, 11) is 0. The smallest absolute Gasteiger partial charge is 0.326 e. The molecule has 0 spiro atoms. The summed E-state index contributed by atoms with van der Waals surface area (Å²) < 4.78 is 40.1. The van der Waals surface area contributed by atoms with Crippen molar-refractivity contribution < 1.29 is 18.0 Å². The number of anilines is 1. The molecule has 0 fully saturated rings. The van der Waals surface area contributed by atoms with Gasteiger partial charge in [0, 0.05) is 24.8 Å². The molecule has 0 bridgehead atoms. The van der Waals surface area contributed by atoms with E-state index < -0.39 is 11.7 Å². The monoisotopic (exact) mass is 311 g/mol. The Morgan fingerprint density at radius 1 is 1.32 bits per heavy atom. The molecule has 7 heteroatoms. The first-order chi connectivity index (χ1) is 10.3. The van der Waals surface area contributed by atoms with Crippen molar-refractivity contribution in [3.8, 4) is 0 Å². The number of carbonyl (C=O) groups excluding carboxylic acids is 1. The van der Waals surface area contributed by atoms with Gasteiger partial charge in [0.25, 0.3) is 0 Å². The van der Waals surface area contributed by atoms with Gasteiger partial charge in [-0.3, -0.25) is 9.48 Å². The van der Waals surface area contributed by atoms with Crippen LogP contribution >= 0.6 is 0 Å². The molecular weight excluding hydrogens is 295 g/mol. The van der Waals surface area contributed by atoms with E-state index in [1.165, 1.54) is 19.1 Å². The lowest BCUT2D eigenvalue weighted by molar-refractivity contribution is -0.138. The average molecular weight is 311 g/mol. The van der Waals surface area contributed by atoms with Crippen molar-refractivity contribution in [1.29, 1.82) is 0 Å². The molecule has 22 heavy (non-hydrogen) atoms. The summed E-state index contributed by atoms with van der Waals surface area (Å²) in [5, 5.41) is 6.52. The second kappa shape index (κ2) is 6.21. The van der Waals surface area contributed by atoms with Crippen molar-refractivity contribution in [3.63, 3.8) is 0 Å². The standard InChI is InChI=1S/C15H16F3N3O/c1-10-8-19-21(9-10)6-5-14(22)20-12-4-3-11(2)13(7-12)15(16,17)18/h3-4,7-9H,5-6H2,1-2H3,(H,20,22). The Bertz CT molecular complexity index is 677. The summed E-state index contributed by atoms with van der Waals surface area (Å²) in [6, 6.07) is 3.75. The molecule has 0 aliphatic rings. The van der Waals surface area contributed by atoms with E-state index in [0.29, 0.717) is 6.54 Å². The van der Waals surface area contributed by atoms with Gasteiger partial charge >= 0.3 is 6.18 Å². The van der Waals surface area contributed by atoms with Crippen LogP contribution in [0.1, 0.15) is 23.1 Å². The highest BCUT2D eigenvalue weighted by atomic mass is 19.4. The summed E-state index contributed by atoms with van der Waals surface area (Å²) in [4.78, 5) is 11.8. The van der Waals surface area contributed by atoms with Crippen LogP contribution in [0.15, 0.2) is 30.6 Å². The predicted octanol–water partition coefficient (Wildman–Crippen LogP) is 3.55. The number of benzene rings is 1. The number of aryl methyl sites for hydroxylation is 3. The number of carbonyl (C=O) groups is 1. The van der Waals surface area contributed by atoms with Crippen LogP contribution < -0.4 is 5.32 Å². The van der Waals surface area contributed by atoms with Crippen molar-refractivity contribution in [1.82, 2.24) is 9.78 Å². The van der Waals surface area contributed by atoms with E-state index in [9.17, 15) is 18.0 Å². The van der Waals surface area contributed by atoms with E-state index in [0.717, 1.165) is 11.6 Å². The van der Waals surface area contributed by atoms with Crippen LogP contribution in [-0.4, -0.2) is 15.7 Å². The van der Waals surface area contributed by atoms with Crippen LogP contribution in [0.5, 0.6) is 0 Å². The maximum atomic E-state index is 12.8. The summed E-state index contributed by atoms with van der Waals surface area (Å²) in [6.45, 7) is 3.64. The zero-order valence-corrected chi connectivity index (χ0v) is 12.2. The molecule has 1 amide bonds. The molecule has 0 unspecified atom stereocenters. The third kappa shape index (κ3) is 4.09. The van der Waals surface area contributed by atoms with Gasteiger partial charge in [-0.25, -0.2) is 0 Å². The van der Waals surface area contributed by atoms with Gasteiger partial charge < -0.3 is 5.32 Å². The van der Waals surface area contributed by atoms with Crippen molar-refractivity contribution >= 4 is 11.6 Å². The fourth-order valence-electron chi connectivity index (χ4n) is 2.03. The molecule has 0 aliphatic heterocycles. The highest BCUT2D eigenvalue weighted by Gasteiger charge is 2.32. The zero-order chi connectivity index (χ0) is 16.3. The molecular formula is C15H16F3N3O. The van der Waals surface area contributed by atoms with Gasteiger partial charge in [-0.15, -0.1) is 0 Å². The predicted molar refractivity (Wildman–Crippen MR) is 76.4 cm³/mol. The minimum Gasteiger partial charge on any atom is -0.326 e. The number of rotatable bonds is 4. The van der Waals surface area contributed by atoms with Gasteiger partial charge in [0.05, 0.1) is 11.8 Å². The molecule has 4 nitrogen and oxygen atoms in total. The number of amides is 1. The van der Waals surface area contributed by atoms with E-state index in [1.54, 1.807) is 17.1 Å². The van der Waals surface area contributed by atoms with Crippen LogP contribution in [0, 0.1) is 13.8 Å². The molecule has 1 aromatic carbocycles. The minimum absolute atomic E-state index is 0.123.